The number of nitrogens with zero attached hydrogens (tertiary/aromatic N) is 4. The summed E-state index contributed by atoms with van der Waals surface area (Å²) in [7, 11) is 0. The monoisotopic (exact) mass is 361 g/mol. The van der Waals surface area contributed by atoms with Crippen molar-refractivity contribution in [2.45, 2.75) is 19.4 Å². The lowest BCUT2D eigenvalue weighted by molar-refractivity contribution is -0.120. The Labute approximate surface area is 156 Å². The zero-order valence-corrected chi connectivity index (χ0v) is 14.7. The van der Waals surface area contributed by atoms with Crippen molar-refractivity contribution in [2.75, 3.05) is 11.4 Å². The Morgan fingerprint density at radius 2 is 1.78 bits per heavy atom. The van der Waals surface area contributed by atoms with Crippen LogP contribution >= 0.6 is 0 Å². The van der Waals surface area contributed by atoms with Gasteiger partial charge in [-0.1, -0.05) is 42.5 Å². The largest absolute Gasteiger partial charge is 0.328 e. The van der Waals surface area contributed by atoms with Crippen molar-refractivity contribution >= 4 is 17.6 Å². The van der Waals surface area contributed by atoms with Crippen molar-refractivity contribution in [2.24, 2.45) is 0 Å². The van der Waals surface area contributed by atoms with E-state index in [2.05, 4.69) is 27.5 Å². The van der Waals surface area contributed by atoms with Crippen LogP contribution < -0.4 is 10.2 Å². The van der Waals surface area contributed by atoms with E-state index in [1.807, 2.05) is 47.1 Å². The molecular weight excluding hydrogens is 342 g/mol. The smallest absolute Gasteiger partial charge is 0.293 e. The van der Waals surface area contributed by atoms with Crippen LogP contribution in [0.25, 0.3) is 11.4 Å². The molecule has 2 aromatic carbocycles. The number of hydrogen-bond donors (Lipinski definition) is 1. The first-order valence-corrected chi connectivity index (χ1v) is 8.85. The minimum Gasteiger partial charge on any atom is -0.293 e. The minimum atomic E-state index is -0.408. The van der Waals surface area contributed by atoms with E-state index in [0.717, 1.165) is 17.7 Å². The molecule has 4 rings (SSSR count). The van der Waals surface area contributed by atoms with E-state index in [4.69, 9.17) is 0 Å². The second-order valence-corrected chi connectivity index (χ2v) is 6.31. The van der Waals surface area contributed by atoms with Gasteiger partial charge in [0.2, 0.25) is 5.91 Å². The molecule has 0 radical (unpaired) electrons. The molecule has 3 aromatic rings. The van der Waals surface area contributed by atoms with Crippen LogP contribution in [0.1, 0.15) is 12.0 Å². The molecule has 0 spiro atoms. The summed E-state index contributed by atoms with van der Waals surface area (Å²) in [6.45, 7) is 1.03. The van der Waals surface area contributed by atoms with Crippen LogP contribution in [-0.2, 0) is 17.8 Å². The summed E-state index contributed by atoms with van der Waals surface area (Å²) < 4.78 is 1.85. The highest BCUT2D eigenvalue weighted by Gasteiger charge is 2.27. The third kappa shape index (κ3) is 3.57. The van der Waals surface area contributed by atoms with Gasteiger partial charge in [0.15, 0.2) is 5.82 Å². The number of aromatic nitrogens is 3. The van der Waals surface area contributed by atoms with Gasteiger partial charge in [-0.15, -0.1) is 0 Å². The number of anilines is 1. The molecule has 1 fully saturated rings. The zero-order chi connectivity index (χ0) is 18.6. The Hall–Kier alpha value is -3.48. The molecule has 27 heavy (non-hydrogen) atoms. The molecular formula is C20H19N5O2. The van der Waals surface area contributed by atoms with Crippen LogP contribution in [0.5, 0.6) is 0 Å². The molecule has 1 aromatic heterocycles. The second-order valence-electron chi connectivity index (χ2n) is 6.31. The maximum Gasteiger partial charge on any atom is 0.328 e. The zero-order valence-electron chi connectivity index (χ0n) is 14.7. The molecule has 3 amide bonds. The van der Waals surface area contributed by atoms with Gasteiger partial charge < -0.3 is 0 Å². The lowest BCUT2D eigenvalue weighted by atomic mass is 10.1. The first-order valence-electron chi connectivity index (χ1n) is 8.85. The number of imide groups is 1. The maximum atomic E-state index is 12.3. The predicted octanol–water partition coefficient (Wildman–Crippen LogP) is 2.63. The Bertz CT molecular complexity index is 967. The summed E-state index contributed by atoms with van der Waals surface area (Å²) in [6.07, 6.45) is 2.63. The minimum absolute atomic E-state index is 0.250. The van der Waals surface area contributed by atoms with E-state index in [0.29, 0.717) is 18.9 Å². The molecule has 0 aliphatic carbocycles. The summed E-state index contributed by atoms with van der Waals surface area (Å²) in [5.74, 6) is 0.450. The number of hydrogen-bond acceptors (Lipinski definition) is 4. The molecule has 0 atom stereocenters. The molecule has 0 saturated carbocycles. The first kappa shape index (κ1) is 17.0. The van der Waals surface area contributed by atoms with Crippen LogP contribution in [0, 0.1) is 0 Å². The summed E-state index contributed by atoms with van der Waals surface area (Å²) in [6, 6.07) is 17.3. The van der Waals surface area contributed by atoms with E-state index in [1.54, 1.807) is 4.90 Å². The molecule has 0 bridgehead atoms. The molecule has 1 aliphatic rings. The Balaban J connectivity index is 1.62. The van der Waals surface area contributed by atoms with Gasteiger partial charge in [-0.2, -0.15) is 5.10 Å². The second kappa shape index (κ2) is 7.41. The topological polar surface area (TPSA) is 80.1 Å². The number of carbonyl (C=O) groups is 2. The number of amides is 3. The van der Waals surface area contributed by atoms with Crippen LogP contribution in [0.3, 0.4) is 0 Å². The SMILES string of the molecule is O=C1CCN(c2ccccc2-c2ncnn2CCc2ccccc2)C(=O)N1. The van der Waals surface area contributed by atoms with Gasteiger partial charge in [0.05, 0.1) is 5.69 Å². The predicted molar refractivity (Wildman–Crippen MR) is 101 cm³/mol. The molecule has 1 N–H and O–H groups in total. The van der Waals surface area contributed by atoms with Gasteiger partial charge >= 0.3 is 6.03 Å². The van der Waals surface area contributed by atoms with Gasteiger partial charge in [0.25, 0.3) is 0 Å². The highest BCUT2D eigenvalue weighted by atomic mass is 16.2. The van der Waals surface area contributed by atoms with E-state index in [-0.39, 0.29) is 12.3 Å². The fourth-order valence-electron chi connectivity index (χ4n) is 3.21. The third-order valence-electron chi connectivity index (χ3n) is 4.56. The van der Waals surface area contributed by atoms with Crippen LogP contribution in [-0.4, -0.2) is 33.2 Å². The number of para-hydroxylation sites is 1. The quantitative estimate of drug-likeness (QED) is 0.758. The van der Waals surface area contributed by atoms with Gasteiger partial charge in [-0.05, 0) is 24.1 Å². The molecule has 0 unspecified atom stereocenters. The molecule has 136 valence electrons. The van der Waals surface area contributed by atoms with Gasteiger partial charge in [0.1, 0.15) is 6.33 Å². The molecule has 1 saturated heterocycles. The Morgan fingerprint density at radius 1 is 1.00 bits per heavy atom. The number of rotatable bonds is 5. The van der Waals surface area contributed by atoms with Crippen molar-refractivity contribution in [3.05, 3.63) is 66.5 Å². The first-order chi connectivity index (χ1) is 13.2. The van der Waals surface area contributed by atoms with Crippen molar-refractivity contribution in [3.8, 4) is 11.4 Å². The lowest BCUT2D eigenvalue weighted by Crippen LogP contribution is -2.49. The summed E-state index contributed by atoms with van der Waals surface area (Å²) in [5.41, 5.74) is 2.75. The highest BCUT2D eigenvalue weighted by Crippen LogP contribution is 2.30. The number of aryl methyl sites for hydroxylation is 2. The van der Waals surface area contributed by atoms with Crippen molar-refractivity contribution in [1.82, 2.24) is 20.1 Å². The van der Waals surface area contributed by atoms with Crippen LogP contribution in [0.2, 0.25) is 0 Å². The van der Waals surface area contributed by atoms with Crippen molar-refractivity contribution < 1.29 is 9.59 Å². The average Bonchev–Trinajstić information content (AvgIpc) is 3.16. The number of carbonyl (C=O) groups excluding carboxylic acids is 2. The molecule has 1 aliphatic heterocycles. The Morgan fingerprint density at radius 3 is 2.59 bits per heavy atom. The average molecular weight is 361 g/mol. The number of urea groups is 1. The standard InChI is InChI=1S/C20H19N5O2/c26-18-11-12-24(20(27)23-18)17-9-5-4-8-16(17)19-21-14-22-25(19)13-10-15-6-2-1-3-7-15/h1-9,14H,10-13H2,(H,23,26,27). The van der Waals surface area contributed by atoms with Gasteiger partial charge in [-0.3, -0.25) is 15.0 Å². The van der Waals surface area contributed by atoms with Crippen LogP contribution in [0.4, 0.5) is 10.5 Å². The normalized spacial score (nSPS) is 14.3. The van der Waals surface area contributed by atoms with Crippen molar-refractivity contribution in [3.63, 3.8) is 0 Å². The maximum absolute atomic E-state index is 12.3. The molecule has 2 heterocycles. The van der Waals surface area contributed by atoms with Gasteiger partial charge in [0, 0.05) is 25.1 Å². The van der Waals surface area contributed by atoms with Gasteiger partial charge in [-0.25, -0.2) is 14.5 Å². The van der Waals surface area contributed by atoms with Crippen LogP contribution in [0.15, 0.2) is 60.9 Å². The summed E-state index contributed by atoms with van der Waals surface area (Å²) in [4.78, 5) is 29.7. The summed E-state index contributed by atoms with van der Waals surface area (Å²) in [5, 5.41) is 6.72. The van der Waals surface area contributed by atoms with Crippen molar-refractivity contribution in [1.29, 1.82) is 0 Å². The lowest BCUT2D eigenvalue weighted by Gasteiger charge is -2.28. The Kier molecular flexibility index (Phi) is 4.65. The van der Waals surface area contributed by atoms with E-state index < -0.39 is 6.03 Å². The number of benzene rings is 2. The fraction of sp³-hybridized carbons (Fsp3) is 0.200. The third-order valence-corrected chi connectivity index (χ3v) is 4.56. The molecule has 7 nitrogen and oxygen atoms in total. The number of nitrogens with one attached hydrogen (secondary N) is 1. The van der Waals surface area contributed by atoms with E-state index in [9.17, 15) is 9.59 Å². The fourth-order valence-corrected chi connectivity index (χ4v) is 3.21. The summed E-state index contributed by atoms with van der Waals surface area (Å²) >= 11 is 0. The molecule has 7 heteroatoms. The van der Waals surface area contributed by atoms with E-state index in [1.165, 1.54) is 11.9 Å². The van der Waals surface area contributed by atoms with E-state index >= 15 is 0 Å². The highest BCUT2D eigenvalue weighted by molar-refractivity contribution is 6.07.